The Hall–Kier alpha value is -3.32. The fourth-order valence-corrected chi connectivity index (χ4v) is 4.86. The first-order chi connectivity index (χ1) is 16.1. The topological polar surface area (TPSA) is 67.4 Å². The molecule has 1 unspecified atom stereocenters. The molecule has 0 radical (unpaired) electrons. The van der Waals surface area contributed by atoms with Gasteiger partial charge in [-0.25, -0.2) is 9.18 Å². The summed E-state index contributed by atoms with van der Waals surface area (Å²) in [5.74, 6) is 0.154. The number of amides is 2. The van der Waals surface area contributed by atoms with E-state index in [0.717, 1.165) is 27.3 Å². The number of carbonyl (C=O) groups is 2. The van der Waals surface area contributed by atoms with Gasteiger partial charge in [0.15, 0.2) is 0 Å². The number of fused-ring (bicyclic) bond motifs is 1. The molecule has 0 spiro atoms. The van der Waals surface area contributed by atoms with E-state index in [1.165, 1.54) is 12.1 Å². The van der Waals surface area contributed by atoms with Crippen LogP contribution < -0.4 is 10.6 Å². The SMILES string of the molecule is O=C(N[C@@H](Cc1ccccc1)C(=O)NC1CCSc2ccc(F)cc21)OCc1ccccc1. The molecule has 2 amide bonds. The maximum Gasteiger partial charge on any atom is 0.408 e. The van der Waals surface area contributed by atoms with Crippen molar-refractivity contribution in [2.45, 2.75) is 36.4 Å². The first-order valence-corrected chi connectivity index (χ1v) is 11.8. The molecule has 1 aliphatic heterocycles. The third kappa shape index (κ3) is 6.35. The molecule has 3 aromatic rings. The molecule has 1 heterocycles. The Morgan fingerprint density at radius 1 is 1.00 bits per heavy atom. The van der Waals surface area contributed by atoms with E-state index in [2.05, 4.69) is 10.6 Å². The third-order valence-corrected chi connectivity index (χ3v) is 6.55. The van der Waals surface area contributed by atoms with Gasteiger partial charge < -0.3 is 15.4 Å². The molecule has 3 aromatic carbocycles. The maximum atomic E-state index is 13.9. The van der Waals surface area contributed by atoms with Crippen LogP contribution in [0.3, 0.4) is 0 Å². The highest BCUT2D eigenvalue weighted by Crippen LogP contribution is 2.36. The van der Waals surface area contributed by atoms with Crippen molar-refractivity contribution >= 4 is 23.8 Å². The van der Waals surface area contributed by atoms with Crippen LogP contribution in [0.4, 0.5) is 9.18 Å². The summed E-state index contributed by atoms with van der Waals surface area (Å²) >= 11 is 1.65. The molecule has 33 heavy (non-hydrogen) atoms. The minimum Gasteiger partial charge on any atom is -0.445 e. The zero-order chi connectivity index (χ0) is 23.0. The summed E-state index contributed by atoms with van der Waals surface area (Å²) in [7, 11) is 0. The van der Waals surface area contributed by atoms with Crippen molar-refractivity contribution in [2.75, 3.05) is 5.75 Å². The Morgan fingerprint density at radius 2 is 1.70 bits per heavy atom. The van der Waals surface area contributed by atoms with Crippen LogP contribution in [0.25, 0.3) is 0 Å². The predicted octanol–water partition coefficient (Wildman–Crippen LogP) is 5.02. The van der Waals surface area contributed by atoms with Crippen LogP contribution in [0.5, 0.6) is 0 Å². The first-order valence-electron chi connectivity index (χ1n) is 10.8. The Balaban J connectivity index is 1.45. The van der Waals surface area contributed by atoms with Crippen molar-refractivity contribution in [2.24, 2.45) is 0 Å². The van der Waals surface area contributed by atoms with Crippen LogP contribution in [0.15, 0.2) is 83.8 Å². The Morgan fingerprint density at radius 3 is 2.42 bits per heavy atom. The molecule has 0 saturated carbocycles. The number of hydrogen-bond donors (Lipinski definition) is 2. The number of rotatable bonds is 7. The van der Waals surface area contributed by atoms with E-state index in [1.807, 2.05) is 60.7 Å². The number of carbonyl (C=O) groups excluding carboxylic acids is 2. The molecule has 5 nitrogen and oxygen atoms in total. The van der Waals surface area contributed by atoms with E-state index in [9.17, 15) is 14.0 Å². The summed E-state index contributed by atoms with van der Waals surface area (Å²) in [6.45, 7) is 0.110. The van der Waals surface area contributed by atoms with Gasteiger partial charge in [0.2, 0.25) is 5.91 Å². The number of ether oxygens (including phenoxy) is 1. The lowest BCUT2D eigenvalue weighted by Crippen LogP contribution is -2.49. The second-order valence-electron chi connectivity index (χ2n) is 7.83. The number of hydrogen-bond acceptors (Lipinski definition) is 4. The van der Waals surface area contributed by atoms with Crippen LogP contribution in [-0.4, -0.2) is 23.8 Å². The second kappa shape index (κ2) is 11.0. The summed E-state index contributed by atoms with van der Waals surface area (Å²) in [6, 6.07) is 22.3. The lowest BCUT2D eigenvalue weighted by atomic mass is 10.0. The summed E-state index contributed by atoms with van der Waals surface area (Å²) < 4.78 is 19.2. The van der Waals surface area contributed by atoms with E-state index in [1.54, 1.807) is 17.8 Å². The summed E-state index contributed by atoms with van der Waals surface area (Å²) in [5.41, 5.74) is 2.53. The van der Waals surface area contributed by atoms with Gasteiger partial charge in [0.25, 0.3) is 0 Å². The van der Waals surface area contributed by atoms with E-state index < -0.39 is 12.1 Å². The zero-order valence-electron chi connectivity index (χ0n) is 18.0. The quantitative estimate of drug-likeness (QED) is 0.516. The predicted molar refractivity (Wildman–Crippen MR) is 126 cm³/mol. The highest BCUT2D eigenvalue weighted by molar-refractivity contribution is 7.99. The van der Waals surface area contributed by atoms with E-state index in [4.69, 9.17) is 4.74 Å². The van der Waals surface area contributed by atoms with Crippen LogP contribution >= 0.6 is 11.8 Å². The summed E-state index contributed by atoms with van der Waals surface area (Å²) in [5, 5.41) is 5.72. The van der Waals surface area contributed by atoms with Crippen molar-refractivity contribution in [3.63, 3.8) is 0 Å². The van der Waals surface area contributed by atoms with Crippen molar-refractivity contribution in [3.8, 4) is 0 Å². The number of benzene rings is 3. The Kier molecular flexibility index (Phi) is 7.62. The summed E-state index contributed by atoms with van der Waals surface area (Å²) in [4.78, 5) is 26.7. The second-order valence-corrected chi connectivity index (χ2v) is 8.97. The maximum absolute atomic E-state index is 13.9. The Bertz CT molecular complexity index is 1100. The van der Waals surface area contributed by atoms with Gasteiger partial charge in [0.05, 0.1) is 6.04 Å². The standard InChI is InChI=1S/C26H25FN2O3S/c27-20-11-12-24-21(16-20)22(13-14-33-24)28-25(30)23(15-18-7-3-1-4-8-18)29-26(31)32-17-19-9-5-2-6-10-19/h1-12,16,22-23H,13-15,17H2,(H,28,30)(H,29,31)/t22?,23-/m0/s1. The summed E-state index contributed by atoms with van der Waals surface area (Å²) in [6.07, 6.45) is 0.328. The molecule has 2 N–H and O–H groups in total. The monoisotopic (exact) mass is 464 g/mol. The number of alkyl carbamates (subject to hydrolysis) is 1. The van der Waals surface area contributed by atoms with Gasteiger partial charge in [-0.2, -0.15) is 0 Å². The molecular weight excluding hydrogens is 439 g/mol. The first kappa shape index (κ1) is 22.9. The van der Waals surface area contributed by atoms with E-state index in [0.29, 0.717) is 12.8 Å². The smallest absolute Gasteiger partial charge is 0.408 e. The molecule has 0 fully saturated rings. The molecule has 0 aromatic heterocycles. The van der Waals surface area contributed by atoms with Crippen LogP contribution in [0, 0.1) is 5.82 Å². The minimum absolute atomic E-state index is 0.110. The van der Waals surface area contributed by atoms with Crippen molar-refractivity contribution in [1.82, 2.24) is 10.6 Å². The van der Waals surface area contributed by atoms with Gasteiger partial charge in [-0.05, 0) is 41.3 Å². The van der Waals surface area contributed by atoms with Crippen LogP contribution in [0.2, 0.25) is 0 Å². The largest absolute Gasteiger partial charge is 0.445 e. The van der Waals surface area contributed by atoms with Crippen molar-refractivity contribution in [1.29, 1.82) is 0 Å². The van der Waals surface area contributed by atoms with Crippen molar-refractivity contribution < 1.29 is 18.7 Å². The fraction of sp³-hybridized carbons (Fsp3) is 0.231. The molecule has 0 saturated heterocycles. The van der Waals surface area contributed by atoms with Gasteiger partial charge >= 0.3 is 6.09 Å². The molecule has 1 aliphatic rings. The number of nitrogens with one attached hydrogen (secondary N) is 2. The molecular formula is C26H25FN2O3S. The molecule has 0 bridgehead atoms. The molecule has 0 aliphatic carbocycles. The highest BCUT2D eigenvalue weighted by atomic mass is 32.2. The van der Waals surface area contributed by atoms with Gasteiger partial charge in [-0.1, -0.05) is 60.7 Å². The highest BCUT2D eigenvalue weighted by Gasteiger charge is 2.28. The Labute approximate surface area is 196 Å². The number of thioether (sulfide) groups is 1. The minimum atomic E-state index is -0.831. The molecule has 4 rings (SSSR count). The lowest BCUT2D eigenvalue weighted by Gasteiger charge is -2.28. The fourth-order valence-electron chi connectivity index (χ4n) is 3.75. The van der Waals surface area contributed by atoms with Gasteiger partial charge in [-0.15, -0.1) is 11.8 Å². The zero-order valence-corrected chi connectivity index (χ0v) is 18.8. The van der Waals surface area contributed by atoms with E-state index >= 15 is 0 Å². The van der Waals surface area contributed by atoms with Crippen LogP contribution in [-0.2, 0) is 22.6 Å². The van der Waals surface area contributed by atoms with Crippen LogP contribution in [0.1, 0.15) is 29.2 Å². The normalized spacial score (nSPS) is 15.7. The van der Waals surface area contributed by atoms with Crippen molar-refractivity contribution in [3.05, 3.63) is 101 Å². The van der Waals surface area contributed by atoms with Gasteiger partial charge in [-0.3, -0.25) is 4.79 Å². The third-order valence-electron chi connectivity index (χ3n) is 5.43. The lowest BCUT2D eigenvalue weighted by molar-refractivity contribution is -0.123. The van der Waals surface area contributed by atoms with Gasteiger partial charge in [0.1, 0.15) is 18.5 Å². The number of halogens is 1. The molecule has 170 valence electrons. The molecule has 7 heteroatoms. The van der Waals surface area contributed by atoms with Gasteiger partial charge in [0, 0.05) is 17.1 Å². The average molecular weight is 465 g/mol. The van der Waals surface area contributed by atoms with E-state index in [-0.39, 0.29) is 24.4 Å². The molecule has 2 atom stereocenters. The average Bonchev–Trinajstić information content (AvgIpc) is 2.84.